The zero-order chi connectivity index (χ0) is 11.0. The predicted molar refractivity (Wildman–Crippen MR) is 50.9 cm³/mol. The molecule has 0 aromatic heterocycles. The van der Waals surface area contributed by atoms with E-state index < -0.39 is 11.9 Å². The van der Waals surface area contributed by atoms with Gasteiger partial charge in [0.15, 0.2) is 0 Å². The van der Waals surface area contributed by atoms with E-state index in [1.807, 2.05) is 19.0 Å². The van der Waals surface area contributed by atoms with Crippen LogP contribution < -0.4 is 0 Å². The molecule has 0 radical (unpaired) electrons. The summed E-state index contributed by atoms with van der Waals surface area (Å²) in [4.78, 5) is 22.8. The fourth-order valence-electron chi connectivity index (χ4n) is 0.741. The van der Waals surface area contributed by atoms with Crippen molar-refractivity contribution in [3.8, 4) is 0 Å². The number of rotatable bonds is 6. The third-order valence-corrected chi connectivity index (χ3v) is 1.36. The van der Waals surface area contributed by atoms with Crippen LogP contribution in [0, 0.1) is 0 Å². The van der Waals surface area contributed by atoms with Crippen LogP contribution in [-0.2, 0) is 14.3 Å². The number of carbonyl (C=O) groups is 2. The molecule has 5 heteroatoms. The molecular formula is C9H15NO4. The van der Waals surface area contributed by atoms with Crippen LogP contribution >= 0.6 is 0 Å². The van der Waals surface area contributed by atoms with Gasteiger partial charge in [0.05, 0.1) is 6.61 Å². The van der Waals surface area contributed by atoms with Gasteiger partial charge in [0.1, 0.15) is 0 Å². The van der Waals surface area contributed by atoms with Crippen molar-refractivity contribution in [1.29, 1.82) is 0 Å². The Kier molecular flexibility index (Phi) is 6.39. The van der Waals surface area contributed by atoms with Gasteiger partial charge in [-0.2, -0.15) is 0 Å². The van der Waals surface area contributed by atoms with Gasteiger partial charge < -0.3 is 14.7 Å². The quantitative estimate of drug-likeness (QED) is 0.375. The molecule has 0 bridgehead atoms. The minimum atomic E-state index is -1.16. The summed E-state index contributed by atoms with van der Waals surface area (Å²) in [6.45, 7) is 1.14. The lowest BCUT2D eigenvalue weighted by molar-refractivity contribution is -0.138. The van der Waals surface area contributed by atoms with Gasteiger partial charge in [0.25, 0.3) is 0 Å². The minimum Gasteiger partial charge on any atom is -0.478 e. The van der Waals surface area contributed by atoms with E-state index in [0.717, 1.165) is 25.1 Å². The molecule has 0 aliphatic rings. The molecule has 0 aliphatic heterocycles. The number of ether oxygens (including phenoxy) is 1. The minimum absolute atomic E-state index is 0.307. The maximum Gasteiger partial charge on any atom is 0.331 e. The summed E-state index contributed by atoms with van der Waals surface area (Å²) in [7, 11) is 3.85. The van der Waals surface area contributed by atoms with E-state index in [9.17, 15) is 9.59 Å². The number of aliphatic carboxylic acids is 1. The highest BCUT2D eigenvalue weighted by Crippen LogP contribution is 1.88. The molecule has 5 nitrogen and oxygen atoms in total. The molecule has 0 saturated heterocycles. The molecule has 0 fully saturated rings. The van der Waals surface area contributed by atoms with Crippen molar-refractivity contribution in [2.45, 2.75) is 6.42 Å². The van der Waals surface area contributed by atoms with Crippen LogP contribution in [0.2, 0.25) is 0 Å². The van der Waals surface area contributed by atoms with Crippen molar-refractivity contribution < 1.29 is 19.4 Å². The summed E-state index contributed by atoms with van der Waals surface area (Å²) in [5.74, 6) is -1.78. The fraction of sp³-hybridized carbons (Fsp3) is 0.556. The lowest BCUT2D eigenvalue weighted by Gasteiger charge is -2.08. The van der Waals surface area contributed by atoms with Crippen molar-refractivity contribution in [2.24, 2.45) is 0 Å². The van der Waals surface area contributed by atoms with Gasteiger partial charge in [-0.05, 0) is 20.5 Å². The molecule has 0 saturated carbocycles. The summed E-state index contributed by atoms with van der Waals surface area (Å²) < 4.78 is 4.73. The van der Waals surface area contributed by atoms with Gasteiger partial charge in [-0.25, -0.2) is 9.59 Å². The van der Waals surface area contributed by atoms with E-state index in [2.05, 4.69) is 0 Å². The Bertz CT molecular complexity index is 223. The highest BCUT2D eigenvalue weighted by Gasteiger charge is 1.98. The molecular weight excluding hydrogens is 186 g/mol. The fourth-order valence-corrected chi connectivity index (χ4v) is 0.741. The van der Waals surface area contributed by atoms with E-state index in [-0.39, 0.29) is 0 Å². The predicted octanol–water partition coefficient (Wildman–Crippen LogP) is 0.122. The SMILES string of the molecule is CN(C)CCCOC(=O)/C=C\C(=O)O. The van der Waals surface area contributed by atoms with E-state index in [1.54, 1.807) is 0 Å². The molecule has 14 heavy (non-hydrogen) atoms. The lowest BCUT2D eigenvalue weighted by atomic mass is 10.4. The normalized spacial score (nSPS) is 10.8. The summed E-state index contributed by atoms with van der Waals surface area (Å²) in [5, 5.41) is 8.21. The molecule has 0 atom stereocenters. The van der Waals surface area contributed by atoms with Gasteiger partial charge in [0, 0.05) is 18.7 Å². The van der Waals surface area contributed by atoms with Crippen molar-refractivity contribution in [3.05, 3.63) is 12.2 Å². The van der Waals surface area contributed by atoms with Crippen molar-refractivity contribution >= 4 is 11.9 Å². The van der Waals surface area contributed by atoms with Gasteiger partial charge >= 0.3 is 11.9 Å². The average molecular weight is 201 g/mol. The molecule has 0 aromatic rings. The van der Waals surface area contributed by atoms with E-state index in [4.69, 9.17) is 9.84 Å². The Morgan fingerprint density at radius 2 is 2.00 bits per heavy atom. The first kappa shape index (κ1) is 12.6. The molecule has 0 rings (SSSR count). The molecule has 1 N–H and O–H groups in total. The van der Waals surface area contributed by atoms with Gasteiger partial charge in [0.2, 0.25) is 0 Å². The second kappa shape index (κ2) is 7.08. The van der Waals surface area contributed by atoms with Gasteiger partial charge in [-0.15, -0.1) is 0 Å². The van der Waals surface area contributed by atoms with Crippen LogP contribution in [-0.4, -0.2) is 49.2 Å². The molecule has 0 aliphatic carbocycles. The molecule has 0 unspecified atom stereocenters. The zero-order valence-corrected chi connectivity index (χ0v) is 8.40. The third-order valence-electron chi connectivity index (χ3n) is 1.36. The van der Waals surface area contributed by atoms with E-state index >= 15 is 0 Å². The molecule has 0 spiro atoms. The van der Waals surface area contributed by atoms with Crippen LogP contribution in [0.15, 0.2) is 12.2 Å². The lowest BCUT2D eigenvalue weighted by Crippen LogP contribution is -2.15. The van der Waals surface area contributed by atoms with Crippen molar-refractivity contribution in [3.63, 3.8) is 0 Å². The number of carbonyl (C=O) groups excluding carboxylic acids is 1. The summed E-state index contributed by atoms with van der Waals surface area (Å²) in [6.07, 6.45) is 2.39. The number of esters is 1. The number of carboxylic acids is 1. The largest absolute Gasteiger partial charge is 0.478 e. The van der Waals surface area contributed by atoms with Gasteiger partial charge in [-0.1, -0.05) is 0 Å². The Morgan fingerprint density at radius 1 is 1.36 bits per heavy atom. The highest BCUT2D eigenvalue weighted by atomic mass is 16.5. The van der Waals surface area contributed by atoms with Crippen LogP contribution in [0.3, 0.4) is 0 Å². The first-order valence-corrected chi connectivity index (χ1v) is 4.25. The maximum atomic E-state index is 10.8. The van der Waals surface area contributed by atoms with Crippen LogP contribution in [0.5, 0.6) is 0 Å². The highest BCUT2D eigenvalue weighted by molar-refractivity contribution is 5.90. The van der Waals surface area contributed by atoms with Crippen molar-refractivity contribution in [1.82, 2.24) is 4.90 Å². The Labute approximate surface area is 83.0 Å². The summed E-state index contributed by atoms with van der Waals surface area (Å²) >= 11 is 0. The number of hydrogen-bond acceptors (Lipinski definition) is 4. The molecule has 0 amide bonds. The first-order chi connectivity index (χ1) is 6.52. The van der Waals surface area contributed by atoms with Gasteiger partial charge in [-0.3, -0.25) is 0 Å². The second-order valence-corrected chi connectivity index (χ2v) is 3.00. The number of carboxylic acid groups (broad SMARTS) is 1. The van der Waals surface area contributed by atoms with E-state index in [1.165, 1.54) is 0 Å². The van der Waals surface area contributed by atoms with Crippen molar-refractivity contribution in [2.75, 3.05) is 27.2 Å². The summed E-state index contributed by atoms with van der Waals surface area (Å²) in [5.41, 5.74) is 0. The first-order valence-electron chi connectivity index (χ1n) is 4.25. The Hall–Kier alpha value is -1.36. The molecule has 80 valence electrons. The molecule has 0 aromatic carbocycles. The van der Waals surface area contributed by atoms with Crippen LogP contribution in [0.25, 0.3) is 0 Å². The average Bonchev–Trinajstić information content (AvgIpc) is 2.08. The monoisotopic (exact) mass is 201 g/mol. The second-order valence-electron chi connectivity index (χ2n) is 3.00. The smallest absolute Gasteiger partial charge is 0.331 e. The topological polar surface area (TPSA) is 66.8 Å². The van der Waals surface area contributed by atoms with E-state index in [0.29, 0.717) is 6.61 Å². The Balaban J connectivity index is 3.50. The van der Waals surface area contributed by atoms with Crippen LogP contribution in [0.4, 0.5) is 0 Å². The number of hydrogen-bond donors (Lipinski definition) is 1. The maximum absolute atomic E-state index is 10.8. The third kappa shape index (κ3) is 8.73. The zero-order valence-electron chi connectivity index (χ0n) is 8.40. The summed E-state index contributed by atoms with van der Waals surface area (Å²) in [6, 6.07) is 0. The van der Waals surface area contributed by atoms with Crippen LogP contribution in [0.1, 0.15) is 6.42 Å². The Morgan fingerprint density at radius 3 is 2.50 bits per heavy atom. The number of nitrogens with zero attached hydrogens (tertiary/aromatic N) is 1. The molecule has 0 heterocycles. The standard InChI is InChI=1S/C9H15NO4/c1-10(2)6-3-7-14-9(13)5-4-8(11)12/h4-5H,3,6-7H2,1-2H3,(H,11,12)/b5-4-.